The van der Waals surface area contributed by atoms with Crippen molar-refractivity contribution in [3.63, 3.8) is 0 Å². The number of benzene rings is 1. The summed E-state index contributed by atoms with van der Waals surface area (Å²) in [4.78, 5) is 23.5. The molecule has 1 saturated heterocycles. The number of nitrogens with zero attached hydrogens (tertiary/aromatic N) is 4. The van der Waals surface area contributed by atoms with Gasteiger partial charge in [-0.15, -0.1) is 0 Å². The van der Waals surface area contributed by atoms with E-state index in [1.54, 1.807) is 4.90 Å². The average molecular weight is 350 g/mol. The third kappa shape index (κ3) is 3.09. The molecule has 0 bridgehead atoms. The first-order valence-corrected chi connectivity index (χ1v) is 8.42. The monoisotopic (exact) mass is 350 g/mol. The van der Waals surface area contributed by atoms with Gasteiger partial charge in [0, 0.05) is 12.1 Å². The second-order valence-corrected chi connectivity index (χ2v) is 6.07. The molecule has 0 radical (unpaired) electrons. The van der Waals surface area contributed by atoms with Crippen molar-refractivity contribution in [2.45, 2.75) is 13.0 Å². The molecular formula is C19H18N4O3. The minimum absolute atomic E-state index is 0.104. The van der Waals surface area contributed by atoms with E-state index < -0.39 is 0 Å². The lowest BCUT2D eigenvalue weighted by Crippen LogP contribution is -2.44. The zero-order valence-electron chi connectivity index (χ0n) is 14.3. The number of rotatable bonds is 3. The van der Waals surface area contributed by atoms with E-state index in [0.29, 0.717) is 36.8 Å². The Morgan fingerprint density at radius 2 is 2.04 bits per heavy atom. The molecule has 0 N–H and O–H groups in total. The molecule has 3 heterocycles. The topological polar surface area (TPSA) is 81.4 Å². The van der Waals surface area contributed by atoms with E-state index in [-0.39, 0.29) is 11.9 Å². The van der Waals surface area contributed by atoms with Crippen LogP contribution in [0.2, 0.25) is 0 Å². The number of carbonyl (C=O) groups is 1. The maximum atomic E-state index is 13.1. The van der Waals surface area contributed by atoms with Crippen LogP contribution in [0.25, 0.3) is 11.3 Å². The summed E-state index contributed by atoms with van der Waals surface area (Å²) in [5.41, 5.74) is 3.12. The third-order valence-corrected chi connectivity index (χ3v) is 4.45. The highest BCUT2D eigenvalue weighted by molar-refractivity contribution is 5.95. The van der Waals surface area contributed by atoms with Crippen molar-refractivity contribution < 1.29 is 14.1 Å². The van der Waals surface area contributed by atoms with E-state index in [2.05, 4.69) is 15.1 Å². The molecule has 1 aromatic carbocycles. The molecule has 7 heteroatoms. The van der Waals surface area contributed by atoms with Gasteiger partial charge in [-0.1, -0.05) is 35.5 Å². The number of pyridine rings is 1. The lowest BCUT2D eigenvalue weighted by molar-refractivity contribution is -0.00583. The molecule has 0 unspecified atom stereocenters. The minimum Gasteiger partial charge on any atom is -0.377 e. The number of aryl methyl sites for hydroxylation is 1. The second-order valence-electron chi connectivity index (χ2n) is 6.07. The van der Waals surface area contributed by atoms with Crippen molar-refractivity contribution in [1.82, 2.24) is 20.0 Å². The van der Waals surface area contributed by atoms with Gasteiger partial charge >= 0.3 is 0 Å². The summed E-state index contributed by atoms with van der Waals surface area (Å²) < 4.78 is 10.3. The van der Waals surface area contributed by atoms with E-state index >= 15 is 0 Å². The molecule has 132 valence electrons. The van der Waals surface area contributed by atoms with Crippen LogP contribution in [0.5, 0.6) is 0 Å². The molecule has 4 rings (SSSR count). The van der Waals surface area contributed by atoms with E-state index in [0.717, 1.165) is 11.3 Å². The van der Waals surface area contributed by atoms with E-state index in [1.165, 1.54) is 6.39 Å². The summed E-state index contributed by atoms with van der Waals surface area (Å²) in [7, 11) is 0. The molecule has 1 fully saturated rings. The zero-order chi connectivity index (χ0) is 17.9. The highest BCUT2D eigenvalue weighted by Crippen LogP contribution is 2.25. The van der Waals surface area contributed by atoms with Gasteiger partial charge in [-0.2, -0.15) is 4.98 Å². The Labute approximate surface area is 150 Å². The standard InChI is InChI=1S/C19H18N4O3/c1-13-15(7-8-16(21-13)14-5-3-2-4-6-14)19(24)23-9-10-25-11-17(23)18-20-12-26-22-18/h2-8,12,17H,9-11H2,1H3/t17-/m1/s1. The van der Waals surface area contributed by atoms with Crippen LogP contribution in [0.15, 0.2) is 53.4 Å². The lowest BCUT2D eigenvalue weighted by Gasteiger charge is -2.34. The van der Waals surface area contributed by atoms with Crippen molar-refractivity contribution in [1.29, 1.82) is 0 Å². The highest BCUT2D eigenvalue weighted by Gasteiger charge is 2.33. The van der Waals surface area contributed by atoms with Gasteiger partial charge in [0.2, 0.25) is 6.39 Å². The SMILES string of the molecule is Cc1nc(-c2ccccc2)ccc1C(=O)N1CCOC[C@@H]1c1ncon1. The summed E-state index contributed by atoms with van der Waals surface area (Å²) in [6, 6.07) is 13.2. The van der Waals surface area contributed by atoms with Crippen LogP contribution >= 0.6 is 0 Å². The number of morpholine rings is 1. The largest absolute Gasteiger partial charge is 0.377 e. The molecule has 2 aromatic heterocycles. The Morgan fingerprint density at radius 1 is 1.19 bits per heavy atom. The van der Waals surface area contributed by atoms with Crippen LogP contribution in [0.3, 0.4) is 0 Å². The first-order chi connectivity index (χ1) is 12.7. The summed E-state index contributed by atoms with van der Waals surface area (Å²) in [5.74, 6) is 0.345. The Bertz CT molecular complexity index is 896. The molecule has 1 atom stereocenters. The first kappa shape index (κ1) is 16.4. The van der Waals surface area contributed by atoms with Gasteiger partial charge in [0.05, 0.1) is 30.2 Å². The van der Waals surface area contributed by atoms with Crippen molar-refractivity contribution in [3.8, 4) is 11.3 Å². The maximum Gasteiger partial charge on any atom is 0.256 e. The first-order valence-electron chi connectivity index (χ1n) is 8.42. The van der Waals surface area contributed by atoms with E-state index in [9.17, 15) is 4.79 Å². The molecule has 0 aliphatic carbocycles. The normalized spacial score (nSPS) is 17.3. The van der Waals surface area contributed by atoms with Crippen LogP contribution in [0.1, 0.15) is 27.9 Å². The number of hydrogen-bond donors (Lipinski definition) is 0. The molecular weight excluding hydrogens is 332 g/mol. The molecule has 3 aromatic rings. The van der Waals surface area contributed by atoms with Gasteiger partial charge in [0.15, 0.2) is 5.82 Å². The highest BCUT2D eigenvalue weighted by atomic mass is 16.5. The molecule has 0 spiro atoms. The van der Waals surface area contributed by atoms with E-state index in [1.807, 2.05) is 49.4 Å². The molecule has 7 nitrogen and oxygen atoms in total. The van der Waals surface area contributed by atoms with Crippen molar-refractivity contribution in [3.05, 3.63) is 65.9 Å². The van der Waals surface area contributed by atoms with Crippen LogP contribution < -0.4 is 0 Å². The number of carbonyl (C=O) groups excluding carboxylic acids is 1. The van der Waals surface area contributed by atoms with Gasteiger partial charge in [0.25, 0.3) is 5.91 Å². The molecule has 0 saturated carbocycles. The van der Waals surface area contributed by atoms with Crippen LogP contribution in [0.4, 0.5) is 0 Å². The fraction of sp³-hybridized carbons (Fsp3) is 0.263. The third-order valence-electron chi connectivity index (χ3n) is 4.45. The Hall–Kier alpha value is -3.06. The Balaban J connectivity index is 1.63. The molecule has 1 aliphatic heterocycles. The smallest absolute Gasteiger partial charge is 0.256 e. The van der Waals surface area contributed by atoms with E-state index in [4.69, 9.17) is 9.26 Å². The van der Waals surface area contributed by atoms with Gasteiger partial charge in [0.1, 0.15) is 6.04 Å². The van der Waals surface area contributed by atoms with Crippen molar-refractivity contribution >= 4 is 5.91 Å². The van der Waals surface area contributed by atoms with Gasteiger partial charge in [-0.05, 0) is 19.1 Å². The van der Waals surface area contributed by atoms with Gasteiger partial charge < -0.3 is 14.2 Å². The van der Waals surface area contributed by atoms with Gasteiger partial charge in [-0.25, -0.2) is 0 Å². The predicted molar refractivity (Wildman–Crippen MR) is 93.3 cm³/mol. The zero-order valence-corrected chi connectivity index (χ0v) is 14.3. The summed E-state index contributed by atoms with van der Waals surface area (Å²) >= 11 is 0. The average Bonchev–Trinajstić information content (AvgIpc) is 3.23. The van der Waals surface area contributed by atoms with Gasteiger partial charge in [-0.3, -0.25) is 9.78 Å². The number of amides is 1. The summed E-state index contributed by atoms with van der Waals surface area (Å²) in [5, 5.41) is 3.87. The molecule has 1 aliphatic rings. The van der Waals surface area contributed by atoms with Crippen molar-refractivity contribution in [2.75, 3.05) is 19.8 Å². The Kier molecular flexibility index (Phi) is 4.45. The fourth-order valence-electron chi connectivity index (χ4n) is 3.10. The number of aromatic nitrogens is 3. The van der Waals surface area contributed by atoms with Crippen LogP contribution in [-0.4, -0.2) is 45.7 Å². The Morgan fingerprint density at radius 3 is 2.77 bits per heavy atom. The number of hydrogen-bond acceptors (Lipinski definition) is 6. The molecule has 1 amide bonds. The lowest BCUT2D eigenvalue weighted by atomic mass is 10.1. The molecule has 26 heavy (non-hydrogen) atoms. The summed E-state index contributed by atoms with van der Waals surface area (Å²) in [6.07, 6.45) is 1.26. The fourth-order valence-corrected chi connectivity index (χ4v) is 3.10. The van der Waals surface area contributed by atoms with Crippen molar-refractivity contribution in [2.24, 2.45) is 0 Å². The second kappa shape index (κ2) is 7.05. The summed E-state index contributed by atoms with van der Waals surface area (Å²) in [6.45, 7) is 3.15. The predicted octanol–water partition coefficient (Wildman–Crippen LogP) is 2.65. The number of ether oxygens (including phenoxy) is 1. The maximum absolute atomic E-state index is 13.1. The van der Waals surface area contributed by atoms with Crippen LogP contribution in [-0.2, 0) is 4.74 Å². The minimum atomic E-state index is -0.358. The van der Waals surface area contributed by atoms with Crippen LogP contribution in [0, 0.1) is 6.92 Å². The quantitative estimate of drug-likeness (QED) is 0.722.